The van der Waals surface area contributed by atoms with Crippen LogP contribution in [-0.4, -0.2) is 34.2 Å². The average molecular weight is 459 g/mol. The Morgan fingerprint density at radius 3 is 2.27 bits per heavy atom. The van der Waals surface area contributed by atoms with Gasteiger partial charge < -0.3 is 9.84 Å². The second-order valence-corrected chi connectivity index (χ2v) is 11.2. The highest BCUT2D eigenvalue weighted by molar-refractivity contribution is 6.31. The van der Waals surface area contributed by atoms with Crippen LogP contribution in [0.15, 0.2) is 34.6 Å². The highest BCUT2D eigenvalue weighted by Gasteiger charge is 2.64. The number of rotatable bonds is 9. The fraction of sp³-hybridized carbons (Fsp3) is 0.679. The van der Waals surface area contributed by atoms with Crippen molar-refractivity contribution in [1.82, 2.24) is 0 Å². The Kier molecular flexibility index (Phi) is 8.00. The van der Waals surface area contributed by atoms with Crippen molar-refractivity contribution in [2.45, 2.75) is 106 Å². The van der Waals surface area contributed by atoms with E-state index in [1.54, 1.807) is 27.7 Å². The zero-order valence-electron chi connectivity index (χ0n) is 21.9. The molecule has 1 aliphatic heterocycles. The summed E-state index contributed by atoms with van der Waals surface area (Å²) in [6, 6.07) is 0. The molecular weight excluding hydrogens is 416 g/mol. The van der Waals surface area contributed by atoms with Gasteiger partial charge in [-0.05, 0) is 74.1 Å². The van der Waals surface area contributed by atoms with Crippen molar-refractivity contribution in [3.05, 3.63) is 34.6 Å². The molecule has 4 atom stereocenters. The second kappa shape index (κ2) is 9.69. The van der Waals surface area contributed by atoms with Crippen LogP contribution in [0.3, 0.4) is 0 Å². The first kappa shape index (κ1) is 27.2. The van der Waals surface area contributed by atoms with Gasteiger partial charge in [0, 0.05) is 12.3 Å². The van der Waals surface area contributed by atoms with E-state index < -0.39 is 28.3 Å². The van der Waals surface area contributed by atoms with Gasteiger partial charge in [-0.2, -0.15) is 0 Å². The number of allylic oxidation sites excluding steroid dienone is 6. The molecule has 0 amide bonds. The van der Waals surface area contributed by atoms with E-state index >= 15 is 0 Å². The Balaban J connectivity index is 2.70. The standard InChI is InChI=1S/C28H42O5/c1-10-19(6)22(29)21-23(30)26(7,8)25(31)28(15-13-18(4)5)16-20(33-24(21)28)27(9,32)14-11-12-17(2)3/h12-13,19-20,32H,10-11,14-16H2,1-9H3/t19-,20-,27+,28+/m1/s1. The minimum atomic E-state index is -1.33. The molecule has 184 valence electrons. The van der Waals surface area contributed by atoms with Crippen molar-refractivity contribution < 1.29 is 24.2 Å². The van der Waals surface area contributed by atoms with Crippen LogP contribution < -0.4 is 0 Å². The van der Waals surface area contributed by atoms with Crippen molar-refractivity contribution in [3.8, 4) is 0 Å². The Bertz CT molecular complexity index is 907. The molecule has 5 nitrogen and oxygen atoms in total. The zero-order chi connectivity index (χ0) is 25.4. The highest BCUT2D eigenvalue weighted by Crippen LogP contribution is 2.57. The van der Waals surface area contributed by atoms with Crippen molar-refractivity contribution in [2.75, 3.05) is 0 Å². The molecule has 0 aromatic carbocycles. The molecule has 1 aliphatic carbocycles. The summed E-state index contributed by atoms with van der Waals surface area (Å²) in [5, 5.41) is 11.4. The minimum absolute atomic E-state index is 0.0266. The Morgan fingerprint density at radius 1 is 1.18 bits per heavy atom. The largest absolute Gasteiger partial charge is 0.490 e. The van der Waals surface area contributed by atoms with Crippen LogP contribution in [0.5, 0.6) is 0 Å². The number of hydrogen-bond donors (Lipinski definition) is 1. The molecule has 0 aromatic heterocycles. The van der Waals surface area contributed by atoms with Gasteiger partial charge in [0.05, 0.1) is 16.4 Å². The van der Waals surface area contributed by atoms with Crippen molar-refractivity contribution in [2.24, 2.45) is 16.7 Å². The van der Waals surface area contributed by atoms with Crippen LogP contribution in [0.1, 0.15) is 94.4 Å². The molecule has 0 saturated carbocycles. The van der Waals surface area contributed by atoms with Crippen LogP contribution in [0.4, 0.5) is 0 Å². The van der Waals surface area contributed by atoms with E-state index in [0.717, 1.165) is 5.57 Å². The molecule has 2 aliphatic rings. The van der Waals surface area contributed by atoms with E-state index in [2.05, 4.69) is 6.08 Å². The lowest BCUT2D eigenvalue weighted by Gasteiger charge is -2.39. The van der Waals surface area contributed by atoms with Gasteiger partial charge in [-0.25, -0.2) is 0 Å². The number of hydrogen-bond acceptors (Lipinski definition) is 5. The Hall–Kier alpha value is -2.01. The van der Waals surface area contributed by atoms with Gasteiger partial charge in [0.1, 0.15) is 17.4 Å². The summed E-state index contributed by atoms with van der Waals surface area (Å²) in [6.07, 6.45) is 5.65. The number of aliphatic hydroxyl groups is 1. The number of fused-ring (bicyclic) bond motifs is 1. The van der Waals surface area contributed by atoms with E-state index in [0.29, 0.717) is 25.7 Å². The SMILES string of the molecule is CC[C@@H](C)C(=O)C1=C2O[C@@H]([C@@](C)(O)CCC=C(C)C)C[C@]2(CC=C(C)C)C(=O)C(C)(C)C1=O. The summed E-state index contributed by atoms with van der Waals surface area (Å²) in [4.78, 5) is 40.8. The third kappa shape index (κ3) is 5.08. The number of ether oxygens (including phenoxy) is 1. The highest BCUT2D eigenvalue weighted by atomic mass is 16.5. The fourth-order valence-electron chi connectivity index (χ4n) is 4.78. The molecule has 1 N–H and O–H groups in total. The van der Waals surface area contributed by atoms with E-state index in [4.69, 9.17) is 4.74 Å². The molecule has 1 heterocycles. The zero-order valence-corrected chi connectivity index (χ0v) is 21.9. The predicted molar refractivity (Wildman–Crippen MR) is 131 cm³/mol. The molecule has 0 bridgehead atoms. The number of Topliss-reactive ketones (excluding diaryl/α,β-unsaturated/α-hetero) is 3. The first-order valence-corrected chi connectivity index (χ1v) is 12.2. The van der Waals surface area contributed by atoms with Gasteiger partial charge in [-0.3, -0.25) is 14.4 Å². The van der Waals surface area contributed by atoms with E-state index in [-0.39, 0.29) is 35.2 Å². The molecule has 5 heteroatoms. The fourth-order valence-corrected chi connectivity index (χ4v) is 4.78. The molecule has 0 radical (unpaired) electrons. The van der Waals surface area contributed by atoms with Crippen molar-refractivity contribution >= 4 is 17.3 Å². The third-order valence-corrected chi connectivity index (χ3v) is 7.31. The summed E-state index contributed by atoms with van der Waals surface area (Å²) in [6.45, 7) is 16.6. The molecule has 1 saturated heterocycles. The lowest BCUT2D eigenvalue weighted by Crippen LogP contribution is -2.51. The molecule has 33 heavy (non-hydrogen) atoms. The quantitative estimate of drug-likeness (QED) is 0.274. The molecular formula is C28H42O5. The van der Waals surface area contributed by atoms with Crippen LogP contribution >= 0.6 is 0 Å². The molecule has 2 rings (SSSR count). The minimum Gasteiger partial charge on any atom is -0.490 e. The third-order valence-electron chi connectivity index (χ3n) is 7.31. The smallest absolute Gasteiger partial charge is 0.182 e. The van der Waals surface area contributed by atoms with Crippen molar-refractivity contribution in [1.29, 1.82) is 0 Å². The summed E-state index contributed by atoms with van der Waals surface area (Å²) in [5.41, 5.74) is -1.44. The number of ketones is 3. The molecule has 0 spiro atoms. The summed E-state index contributed by atoms with van der Waals surface area (Å²) >= 11 is 0. The van der Waals surface area contributed by atoms with E-state index in [1.165, 1.54) is 5.57 Å². The normalized spacial score (nSPS) is 26.8. The first-order valence-electron chi connectivity index (χ1n) is 12.2. The maximum atomic E-state index is 13.9. The maximum Gasteiger partial charge on any atom is 0.182 e. The summed E-state index contributed by atoms with van der Waals surface area (Å²) < 4.78 is 6.30. The Morgan fingerprint density at radius 2 is 1.76 bits per heavy atom. The van der Waals surface area contributed by atoms with Crippen LogP contribution in [-0.2, 0) is 19.1 Å². The maximum absolute atomic E-state index is 13.9. The molecule has 1 fully saturated rings. The van der Waals surface area contributed by atoms with Gasteiger partial charge in [0.25, 0.3) is 0 Å². The van der Waals surface area contributed by atoms with Crippen LogP contribution in [0.2, 0.25) is 0 Å². The molecule has 0 unspecified atom stereocenters. The second-order valence-electron chi connectivity index (χ2n) is 11.2. The van der Waals surface area contributed by atoms with Gasteiger partial charge in [0.15, 0.2) is 17.3 Å². The number of carbonyl (C=O) groups excluding carboxylic acids is 3. The van der Waals surface area contributed by atoms with Gasteiger partial charge >= 0.3 is 0 Å². The van der Waals surface area contributed by atoms with E-state index in [9.17, 15) is 19.5 Å². The number of carbonyl (C=O) groups is 3. The summed E-state index contributed by atoms with van der Waals surface area (Å²) in [7, 11) is 0. The van der Waals surface area contributed by atoms with Gasteiger partial charge in [-0.1, -0.05) is 37.1 Å². The Labute approximate surface area is 199 Å². The van der Waals surface area contributed by atoms with E-state index in [1.807, 2.05) is 40.7 Å². The lowest BCUT2D eigenvalue weighted by molar-refractivity contribution is -0.145. The van der Waals surface area contributed by atoms with Crippen LogP contribution in [0.25, 0.3) is 0 Å². The van der Waals surface area contributed by atoms with Crippen molar-refractivity contribution in [3.63, 3.8) is 0 Å². The lowest BCUT2D eigenvalue weighted by atomic mass is 9.58. The topological polar surface area (TPSA) is 80.7 Å². The van der Waals surface area contributed by atoms with Crippen LogP contribution in [0, 0.1) is 16.7 Å². The van der Waals surface area contributed by atoms with Gasteiger partial charge in [-0.15, -0.1) is 0 Å². The first-order chi connectivity index (χ1) is 15.1. The monoisotopic (exact) mass is 458 g/mol. The summed E-state index contributed by atoms with van der Waals surface area (Å²) in [5.74, 6) is -1.14. The van der Waals surface area contributed by atoms with Gasteiger partial charge in [0.2, 0.25) is 0 Å². The average Bonchev–Trinajstić information content (AvgIpc) is 3.11. The molecule has 0 aromatic rings. The predicted octanol–water partition coefficient (Wildman–Crippen LogP) is 5.66.